The molecule has 0 spiro atoms. The van der Waals surface area contributed by atoms with Crippen LogP contribution in [0.1, 0.15) is 12.2 Å². The summed E-state index contributed by atoms with van der Waals surface area (Å²) in [6, 6.07) is 17.6. The smallest absolute Gasteiger partial charge is 0.292 e. The highest BCUT2D eigenvalue weighted by Gasteiger charge is 2.19. The van der Waals surface area contributed by atoms with E-state index in [4.69, 9.17) is 4.42 Å². The van der Waals surface area contributed by atoms with Gasteiger partial charge in [0, 0.05) is 23.9 Å². The summed E-state index contributed by atoms with van der Waals surface area (Å²) in [7, 11) is 0. The molecule has 0 saturated carbocycles. The lowest BCUT2D eigenvalue weighted by Crippen LogP contribution is -2.13. The Morgan fingerprint density at radius 2 is 1.88 bits per heavy atom. The van der Waals surface area contributed by atoms with Gasteiger partial charge in [-0.3, -0.25) is 19.5 Å². The number of nitro benzene ring substituents is 1. The molecule has 2 aromatic carbocycles. The number of thioether (sulfide) groups is 1. The third-order valence-electron chi connectivity index (χ3n) is 4.68. The minimum Gasteiger partial charge on any atom is -0.469 e. The number of anilines is 1. The zero-order chi connectivity index (χ0) is 22.5. The zero-order valence-corrected chi connectivity index (χ0v) is 17.9. The molecule has 10 heteroatoms. The Morgan fingerprint density at radius 3 is 2.59 bits per heavy atom. The highest BCUT2D eigenvalue weighted by Crippen LogP contribution is 2.30. The van der Waals surface area contributed by atoms with Crippen LogP contribution in [0.3, 0.4) is 0 Å². The summed E-state index contributed by atoms with van der Waals surface area (Å²) in [5, 5.41) is 23.0. The molecule has 0 saturated heterocycles. The average Bonchev–Trinajstić information content (AvgIpc) is 3.40. The van der Waals surface area contributed by atoms with Gasteiger partial charge >= 0.3 is 0 Å². The second-order valence-electron chi connectivity index (χ2n) is 6.79. The standard InChI is InChI=1S/C22H19N5O4S/c1-15-17(11-13-31-15)21-24-25-22(26(21)16-7-3-2-4-8-16)32-14-12-20(28)23-18-9-5-6-10-19(18)27(29)30/h2-11,13H,12,14H2,1H3,(H,23,28). The van der Waals surface area contributed by atoms with Gasteiger partial charge in [-0.05, 0) is 31.2 Å². The molecule has 2 heterocycles. The average molecular weight is 449 g/mol. The van der Waals surface area contributed by atoms with E-state index in [2.05, 4.69) is 15.5 Å². The number of para-hydroxylation sites is 3. The molecule has 32 heavy (non-hydrogen) atoms. The topological polar surface area (TPSA) is 116 Å². The SMILES string of the molecule is Cc1occc1-c1nnc(SCCC(=O)Nc2ccccc2[N+](=O)[O-])n1-c1ccccc1. The van der Waals surface area contributed by atoms with Crippen LogP contribution in [0, 0.1) is 17.0 Å². The Kier molecular flexibility index (Phi) is 6.31. The van der Waals surface area contributed by atoms with Gasteiger partial charge < -0.3 is 9.73 Å². The highest BCUT2D eigenvalue weighted by atomic mass is 32.2. The van der Waals surface area contributed by atoms with E-state index in [1.54, 1.807) is 18.4 Å². The molecular formula is C22H19N5O4S. The largest absolute Gasteiger partial charge is 0.469 e. The summed E-state index contributed by atoms with van der Waals surface area (Å²) in [4.78, 5) is 23.0. The first kappa shape index (κ1) is 21.3. The molecule has 0 atom stereocenters. The number of furan rings is 1. The van der Waals surface area contributed by atoms with Crippen LogP contribution in [0.2, 0.25) is 0 Å². The predicted octanol–water partition coefficient (Wildman–Crippen LogP) is 4.86. The van der Waals surface area contributed by atoms with Crippen molar-refractivity contribution in [1.29, 1.82) is 0 Å². The fourth-order valence-corrected chi connectivity index (χ4v) is 4.04. The van der Waals surface area contributed by atoms with Crippen molar-refractivity contribution in [3.05, 3.63) is 82.8 Å². The van der Waals surface area contributed by atoms with Gasteiger partial charge in [-0.25, -0.2) is 0 Å². The van der Waals surface area contributed by atoms with E-state index < -0.39 is 4.92 Å². The van der Waals surface area contributed by atoms with Crippen LogP contribution in [-0.2, 0) is 4.79 Å². The molecule has 0 radical (unpaired) electrons. The first-order valence-corrected chi connectivity index (χ1v) is 10.7. The molecule has 0 fully saturated rings. The summed E-state index contributed by atoms with van der Waals surface area (Å²) in [5.41, 5.74) is 1.76. The number of nitro groups is 1. The summed E-state index contributed by atoms with van der Waals surface area (Å²) in [5.74, 6) is 1.48. The van der Waals surface area contributed by atoms with Crippen molar-refractivity contribution in [3.8, 4) is 17.1 Å². The molecule has 4 aromatic rings. The second kappa shape index (κ2) is 9.48. The first-order chi connectivity index (χ1) is 15.5. The molecule has 1 amide bonds. The number of nitrogens with one attached hydrogen (secondary N) is 1. The van der Waals surface area contributed by atoms with Crippen LogP contribution in [0.5, 0.6) is 0 Å². The number of hydrogen-bond donors (Lipinski definition) is 1. The number of carbonyl (C=O) groups excluding carboxylic acids is 1. The summed E-state index contributed by atoms with van der Waals surface area (Å²) < 4.78 is 7.35. The number of hydrogen-bond acceptors (Lipinski definition) is 7. The fraction of sp³-hybridized carbons (Fsp3) is 0.136. The normalized spacial score (nSPS) is 10.8. The van der Waals surface area contributed by atoms with Crippen LogP contribution in [-0.4, -0.2) is 31.3 Å². The van der Waals surface area contributed by atoms with Crippen LogP contribution < -0.4 is 5.32 Å². The summed E-state index contributed by atoms with van der Waals surface area (Å²) in [6.07, 6.45) is 1.76. The van der Waals surface area contributed by atoms with Crippen molar-refractivity contribution >= 4 is 29.0 Å². The highest BCUT2D eigenvalue weighted by molar-refractivity contribution is 7.99. The van der Waals surface area contributed by atoms with Crippen molar-refractivity contribution < 1.29 is 14.1 Å². The van der Waals surface area contributed by atoms with Crippen molar-refractivity contribution in [2.24, 2.45) is 0 Å². The molecule has 0 bridgehead atoms. The molecule has 2 aromatic heterocycles. The zero-order valence-electron chi connectivity index (χ0n) is 17.1. The van der Waals surface area contributed by atoms with Crippen molar-refractivity contribution in [1.82, 2.24) is 14.8 Å². The third-order valence-corrected chi connectivity index (χ3v) is 5.61. The van der Waals surface area contributed by atoms with Crippen LogP contribution in [0.15, 0.2) is 76.5 Å². The molecule has 4 rings (SSSR count). The van der Waals surface area contributed by atoms with Gasteiger partial charge in [0.15, 0.2) is 11.0 Å². The Morgan fingerprint density at radius 1 is 1.12 bits per heavy atom. The van der Waals surface area contributed by atoms with E-state index in [1.165, 1.54) is 23.9 Å². The number of aryl methyl sites for hydroxylation is 1. The van der Waals surface area contributed by atoms with Gasteiger partial charge in [-0.1, -0.05) is 42.1 Å². The molecule has 9 nitrogen and oxygen atoms in total. The van der Waals surface area contributed by atoms with Gasteiger partial charge in [0.05, 0.1) is 16.7 Å². The molecular weight excluding hydrogens is 430 g/mol. The van der Waals surface area contributed by atoms with Crippen molar-refractivity contribution in [3.63, 3.8) is 0 Å². The number of carbonyl (C=O) groups is 1. The van der Waals surface area contributed by atoms with Crippen molar-refractivity contribution in [2.45, 2.75) is 18.5 Å². The lowest BCUT2D eigenvalue weighted by Gasteiger charge is -2.10. The summed E-state index contributed by atoms with van der Waals surface area (Å²) in [6.45, 7) is 1.86. The molecule has 162 valence electrons. The predicted molar refractivity (Wildman–Crippen MR) is 121 cm³/mol. The maximum Gasteiger partial charge on any atom is 0.292 e. The number of rotatable bonds is 8. The Labute approximate surface area is 187 Å². The van der Waals surface area contributed by atoms with Crippen molar-refractivity contribution in [2.75, 3.05) is 11.1 Å². The van der Waals surface area contributed by atoms with E-state index in [1.807, 2.05) is 47.9 Å². The maximum absolute atomic E-state index is 12.4. The van der Waals surface area contributed by atoms with E-state index in [0.29, 0.717) is 16.7 Å². The number of benzene rings is 2. The van der Waals surface area contributed by atoms with Gasteiger partial charge in [-0.2, -0.15) is 0 Å². The maximum atomic E-state index is 12.4. The quantitative estimate of drug-likeness (QED) is 0.232. The van der Waals surface area contributed by atoms with E-state index in [0.717, 1.165) is 17.0 Å². The van der Waals surface area contributed by atoms with Crippen LogP contribution in [0.4, 0.5) is 11.4 Å². The first-order valence-electron chi connectivity index (χ1n) is 9.76. The van der Waals surface area contributed by atoms with E-state index >= 15 is 0 Å². The fourth-order valence-electron chi connectivity index (χ4n) is 3.15. The molecule has 0 unspecified atom stereocenters. The number of amides is 1. The molecule has 1 N–H and O–H groups in total. The molecule has 0 aliphatic rings. The number of aromatic nitrogens is 3. The van der Waals surface area contributed by atoms with Gasteiger partial charge in [0.1, 0.15) is 11.4 Å². The molecule has 0 aliphatic heterocycles. The van der Waals surface area contributed by atoms with E-state index in [9.17, 15) is 14.9 Å². The van der Waals surface area contributed by atoms with Gasteiger partial charge in [0.25, 0.3) is 5.69 Å². The lowest BCUT2D eigenvalue weighted by atomic mass is 10.2. The third kappa shape index (κ3) is 4.54. The second-order valence-corrected chi connectivity index (χ2v) is 7.85. The van der Waals surface area contributed by atoms with Crippen LogP contribution in [0.25, 0.3) is 17.1 Å². The Balaban J connectivity index is 1.50. The lowest BCUT2D eigenvalue weighted by molar-refractivity contribution is -0.383. The monoisotopic (exact) mass is 449 g/mol. The Hall–Kier alpha value is -3.92. The van der Waals surface area contributed by atoms with Gasteiger partial charge in [0.2, 0.25) is 5.91 Å². The van der Waals surface area contributed by atoms with Crippen LogP contribution >= 0.6 is 11.8 Å². The van der Waals surface area contributed by atoms with Gasteiger partial charge in [-0.15, -0.1) is 10.2 Å². The summed E-state index contributed by atoms with van der Waals surface area (Å²) >= 11 is 1.38. The minimum atomic E-state index is -0.522. The Bertz CT molecular complexity index is 1250. The van der Waals surface area contributed by atoms with E-state index in [-0.39, 0.29) is 23.7 Å². The number of nitrogens with zero attached hydrogens (tertiary/aromatic N) is 4. The minimum absolute atomic E-state index is 0.141. The molecule has 0 aliphatic carbocycles.